The van der Waals surface area contributed by atoms with E-state index in [1.54, 1.807) is 5.57 Å². The molecule has 3 unspecified atom stereocenters. The molecule has 4 rings (SSSR count). The minimum absolute atomic E-state index is 0.00964. The molecule has 4 aliphatic carbocycles. The molecular formula is C21H34O. The van der Waals surface area contributed by atoms with E-state index in [-0.39, 0.29) is 6.10 Å². The summed E-state index contributed by atoms with van der Waals surface area (Å²) in [4.78, 5) is 0. The summed E-state index contributed by atoms with van der Waals surface area (Å²) in [6.45, 7) is 7.43. The van der Waals surface area contributed by atoms with Crippen molar-refractivity contribution < 1.29 is 5.11 Å². The fourth-order valence-corrected chi connectivity index (χ4v) is 7.56. The van der Waals surface area contributed by atoms with Crippen molar-refractivity contribution >= 4 is 0 Å². The highest BCUT2D eigenvalue weighted by molar-refractivity contribution is 5.23. The maximum Gasteiger partial charge on any atom is 0.0543 e. The van der Waals surface area contributed by atoms with Gasteiger partial charge in [0.15, 0.2) is 0 Å². The van der Waals surface area contributed by atoms with Crippen molar-refractivity contribution in [3.63, 3.8) is 0 Å². The lowest BCUT2D eigenvalue weighted by Crippen LogP contribution is -2.53. The molecule has 0 spiro atoms. The second-order valence-corrected chi connectivity index (χ2v) is 9.39. The minimum Gasteiger partial charge on any atom is -0.393 e. The summed E-state index contributed by atoms with van der Waals surface area (Å²) < 4.78 is 0. The number of aliphatic hydroxyl groups excluding tert-OH is 1. The van der Waals surface area contributed by atoms with Gasteiger partial charge in [-0.3, -0.25) is 0 Å². The molecule has 1 nitrogen and oxygen atoms in total. The summed E-state index contributed by atoms with van der Waals surface area (Å²) in [5.74, 6) is 3.65. The Bertz CT molecular complexity index is 480. The number of fused-ring (bicyclic) bond motifs is 5. The van der Waals surface area contributed by atoms with Gasteiger partial charge in [-0.25, -0.2) is 0 Å². The molecule has 124 valence electrons. The van der Waals surface area contributed by atoms with Crippen LogP contribution in [0.3, 0.4) is 0 Å². The fourth-order valence-electron chi connectivity index (χ4n) is 7.56. The molecule has 22 heavy (non-hydrogen) atoms. The maximum absolute atomic E-state index is 10.1. The predicted octanol–water partition coefficient (Wildman–Crippen LogP) is 5.34. The molecule has 4 saturated carbocycles. The SMILES string of the molecule is CC=C1CCC2C3CC[C@H]4C[C@@H](O)CC[C@]4(C)C3CC[C@]12C. The maximum atomic E-state index is 10.1. The van der Waals surface area contributed by atoms with Gasteiger partial charge in [-0.05, 0) is 99.2 Å². The molecule has 0 aromatic carbocycles. The van der Waals surface area contributed by atoms with Gasteiger partial charge in [0.25, 0.3) is 0 Å². The van der Waals surface area contributed by atoms with E-state index < -0.39 is 0 Å². The lowest BCUT2D eigenvalue weighted by Gasteiger charge is -2.60. The molecule has 0 amide bonds. The number of rotatable bonds is 0. The quantitative estimate of drug-likeness (QED) is 0.599. The molecule has 0 aliphatic heterocycles. The molecule has 4 aliphatic rings. The first kappa shape index (κ1) is 15.2. The molecule has 0 heterocycles. The van der Waals surface area contributed by atoms with Crippen molar-refractivity contribution in [2.24, 2.45) is 34.5 Å². The highest BCUT2D eigenvalue weighted by Crippen LogP contribution is 2.67. The normalized spacial score (nSPS) is 56.4. The van der Waals surface area contributed by atoms with Gasteiger partial charge in [0, 0.05) is 0 Å². The van der Waals surface area contributed by atoms with Crippen LogP contribution in [0.2, 0.25) is 0 Å². The van der Waals surface area contributed by atoms with Crippen LogP contribution in [0.15, 0.2) is 11.6 Å². The Kier molecular flexibility index (Phi) is 3.53. The highest BCUT2D eigenvalue weighted by atomic mass is 16.3. The summed E-state index contributed by atoms with van der Waals surface area (Å²) in [6, 6.07) is 0. The van der Waals surface area contributed by atoms with E-state index >= 15 is 0 Å². The Hall–Kier alpha value is -0.300. The third kappa shape index (κ3) is 1.93. The van der Waals surface area contributed by atoms with Gasteiger partial charge in [0.1, 0.15) is 0 Å². The third-order valence-electron chi connectivity index (χ3n) is 8.83. The Morgan fingerprint density at radius 3 is 2.59 bits per heavy atom. The number of aliphatic hydroxyl groups is 1. The van der Waals surface area contributed by atoms with Crippen LogP contribution in [0.25, 0.3) is 0 Å². The van der Waals surface area contributed by atoms with Crippen LogP contribution >= 0.6 is 0 Å². The summed E-state index contributed by atoms with van der Waals surface area (Å²) in [7, 11) is 0. The number of allylic oxidation sites excluding steroid dienone is 2. The van der Waals surface area contributed by atoms with E-state index in [1.807, 2.05) is 0 Å². The van der Waals surface area contributed by atoms with E-state index in [2.05, 4.69) is 26.8 Å². The van der Waals surface area contributed by atoms with Crippen LogP contribution in [-0.4, -0.2) is 11.2 Å². The van der Waals surface area contributed by atoms with E-state index in [0.29, 0.717) is 10.8 Å². The minimum atomic E-state index is -0.00964. The first-order chi connectivity index (χ1) is 10.5. The van der Waals surface area contributed by atoms with Crippen molar-refractivity contribution in [2.45, 2.75) is 84.7 Å². The zero-order valence-corrected chi connectivity index (χ0v) is 14.8. The van der Waals surface area contributed by atoms with E-state index in [0.717, 1.165) is 36.5 Å². The van der Waals surface area contributed by atoms with Crippen molar-refractivity contribution in [3.05, 3.63) is 11.6 Å². The molecule has 0 bridgehead atoms. The van der Waals surface area contributed by atoms with Crippen LogP contribution < -0.4 is 0 Å². The van der Waals surface area contributed by atoms with E-state index in [9.17, 15) is 5.11 Å². The van der Waals surface area contributed by atoms with Crippen molar-refractivity contribution in [3.8, 4) is 0 Å². The Morgan fingerprint density at radius 1 is 1.00 bits per heavy atom. The molecule has 1 heteroatoms. The Balaban J connectivity index is 1.63. The smallest absolute Gasteiger partial charge is 0.0543 e. The van der Waals surface area contributed by atoms with Crippen molar-refractivity contribution in [1.29, 1.82) is 0 Å². The van der Waals surface area contributed by atoms with Gasteiger partial charge in [-0.15, -0.1) is 0 Å². The average Bonchev–Trinajstić information content (AvgIpc) is 2.84. The van der Waals surface area contributed by atoms with E-state index in [1.165, 1.54) is 44.9 Å². The van der Waals surface area contributed by atoms with Crippen LogP contribution in [0.1, 0.15) is 78.6 Å². The zero-order chi connectivity index (χ0) is 15.5. The van der Waals surface area contributed by atoms with Crippen molar-refractivity contribution in [2.75, 3.05) is 0 Å². The number of hydrogen-bond donors (Lipinski definition) is 1. The highest BCUT2D eigenvalue weighted by Gasteiger charge is 2.58. The molecule has 0 aromatic rings. The molecule has 0 radical (unpaired) electrons. The Labute approximate surface area is 136 Å². The fraction of sp³-hybridized carbons (Fsp3) is 0.905. The van der Waals surface area contributed by atoms with Gasteiger partial charge in [0.05, 0.1) is 6.10 Å². The van der Waals surface area contributed by atoms with Gasteiger partial charge in [0.2, 0.25) is 0 Å². The lowest BCUT2D eigenvalue weighted by atomic mass is 9.45. The monoisotopic (exact) mass is 302 g/mol. The van der Waals surface area contributed by atoms with E-state index in [4.69, 9.17) is 0 Å². The second kappa shape index (κ2) is 5.10. The second-order valence-electron chi connectivity index (χ2n) is 9.39. The lowest BCUT2D eigenvalue weighted by molar-refractivity contribution is -0.116. The summed E-state index contributed by atoms with van der Waals surface area (Å²) in [6.07, 6.45) is 14.3. The molecule has 4 fully saturated rings. The van der Waals surface area contributed by atoms with Crippen LogP contribution in [0.4, 0.5) is 0 Å². The standard InChI is InChI=1S/C21H34O/c1-4-14-6-8-18-17-7-5-15-13-16(22)9-11-21(15,3)19(17)10-12-20(14,18)2/h4,15-19,22H,5-13H2,1-3H3/t15-,16-,17?,18?,19?,20+,21-/m0/s1. The van der Waals surface area contributed by atoms with Crippen LogP contribution in [-0.2, 0) is 0 Å². The number of hydrogen-bond acceptors (Lipinski definition) is 1. The van der Waals surface area contributed by atoms with Crippen LogP contribution in [0.5, 0.6) is 0 Å². The van der Waals surface area contributed by atoms with Gasteiger partial charge in [-0.1, -0.05) is 25.5 Å². The molecular weight excluding hydrogens is 268 g/mol. The first-order valence-electron chi connectivity index (χ1n) is 9.83. The van der Waals surface area contributed by atoms with Gasteiger partial charge >= 0.3 is 0 Å². The average molecular weight is 303 g/mol. The Morgan fingerprint density at radius 2 is 1.82 bits per heavy atom. The summed E-state index contributed by atoms with van der Waals surface area (Å²) >= 11 is 0. The van der Waals surface area contributed by atoms with Gasteiger partial charge < -0.3 is 5.11 Å². The molecule has 0 saturated heterocycles. The van der Waals surface area contributed by atoms with Crippen molar-refractivity contribution in [1.82, 2.24) is 0 Å². The zero-order valence-electron chi connectivity index (χ0n) is 14.8. The first-order valence-corrected chi connectivity index (χ1v) is 9.83. The molecule has 7 atom stereocenters. The third-order valence-corrected chi connectivity index (χ3v) is 8.83. The molecule has 1 N–H and O–H groups in total. The largest absolute Gasteiger partial charge is 0.393 e. The predicted molar refractivity (Wildman–Crippen MR) is 91.5 cm³/mol. The topological polar surface area (TPSA) is 20.2 Å². The van der Waals surface area contributed by atoms with Crippen LogP contribution in [0, 0.1) is 34.5 Å². The molecule has 0 aromatic heterocycles. The summed E-state index contributed by atoms with van der Waals surface area (Å²) in [5.41, 5.74) is 2.82. The summed E-state index contributed by atoms with van der Waals surface area (Å²) in [5, 5.41) is 10.1. The van der Waals surface area contributed by atoms with Gasteiger partial charge in [-0.2, -0.15) is 0 Å².